The summed E-state index contributed by atoms with van der Waals surface area (Å²) in [6, 6.07) is 13.2. The SMILES string of the molecule is CC(C)(C)c1ccc(Cc2c(N)oc(-c3cccc4[nH]cnc34)c2P(=O)(O)O)cc1. The smallest absolute Gasteiger partial charge is 0.360 e. The summed E-state index contributed by atoms with van der Waals surface area (Å²) in [5.41, 5.74) is 10.2. The molecule has 0 saturated heterocycles. The number of aromatic amines is 1. The van der Waals surface area contributed by atoms with Crippen LogP contribution in [-0.4, -0.2) is 19.8 Å². The summed E-state index contributed by atoms with van der Waals surface area (Å²) in [5, 5.41) is -0.185. The number of fused-ring (bicyclic) bond motifs is 1. The van der Waals surface area contributed by atoms with Gasteiger partial charge in [0, 0.05) is 17.5 Å². The van der Waals surface area contributed by atoms with Crippen LogP contribution in [0.1, 0.15) is 37.5 Å². The van der Waals surface area contributed by atoms with Gasteiger partial charge in [-0.25, -0.2) is 4.98 Å². The molecule has 0 aliphatic heterocycles. The van der Waals surface area contributed by atoms with E-state index in [1.165, 1.54) is 11.9 Å². The van der Waals surface area contributed by atoms with E-state index in [0.29, 0.717) is 16.6 Å². The zero-order valence-electron chi connectivity index (χ0n) is 17.0. The molecule has 0 saturated carbocycles. The molecule has 0 unspecified atom stereocenters. The number of nitrogens with two attached hydrogens (primary N) is 1. The van der Waals surface area contributed by atoms with Crippen molar-refractivity contribution in [2.24, 2.45) is 0 Å². The van der Waals surface area contributed by atoms with Gasteiger partial charge < -0.3 is 24.9 Å². The molecule has 0 aliphatic carbocycles. The third-order valence-corrected chi connectivity index (χ3v) is 6.25. The average Bonchev–Trinajstić information content (AvgIpc) is 3.26. The van der Waals surface area contributed by atoms with Crippen molar-refractivity contribution in [3.05, 3.63) is 65.5 Å². The Balaban J connectivity index is 1.84. The van der Waals surface area contributed by atoms with Crippen LogP contribution in [0, 0.1) is 0 Å². The lowest BCUT2D eigenvalue weighted by Gasteiger charge is -2.19. The lowest BCUT2D eigenvalue weighted by Crippen LogP contribution is -2.13. The molecule has 2 heterocycles. The maximum absolute atomic E-state index is 12.5. The monoisotopic (exact) mass is 425 g/mol. The number of nitrogens with one attached hydrogen (secondary N) is 1. The topological polar surface area (TPSA) is 125 Å². The Morgan fingerprint density at radius 3 is 2.47 bits per heavy atom. The van der Waals surface area contributed by atoms with E-state index >= 15 is 0 Å². The standard InChI is InChI=1S/C22H24N3O4P/c1-22(2,3)14-9-7-13(8-10-14)11-16-20(30(26,27)28)19(29-21(16)23)15-5-4-6-17-18(15)25-12-24-17/h4-10,12H,11,23H2,1-3H3,(H,24,25)(H2,26,27,28). The van der Waals surface area contributed by atoms with Gasteiger partial charge in [-0.3, -0.25) is 4.57 Å². The highest BCUT2D eigenvalue weighted by molar-refractivity contribution is 7.60. The maximum Gasteiger partial charge on any atom is 0.360 e. The molecule has 0 atom stereocenters. The lowest BCUT2D eigenvalue weighted by molar-refractivity contribution is 0.387. The van der Waals surface area contributed by atoms with Crippen LogP contribution in [0.15, 0.2) is 53.2 Å². The first-order valence-corrected chi connectivity index (χ1v) is 11.2. The van der Waals surface area contributed by atoms with Crippen molar-refractivity contribution in [3.63, 3.8) is 0 Å². The predicted molar refractivity (Wildman–Crippen MR) is 118 cm³/mol. The number of nitrogen functional groups attached to an aromatic ring is 1. The Hall–Kier alpha value is -2.86. The van der Waals surface area contributed by atoms with Crippen molar-refractivity contribution >= 4 is 29.8 Å². The van der Waals surface area contributed by atoms with Crippen LogP contribution < -0.4 is 11.0 Å². The number of nitrogens with zero attached hydrogens (tertiary/aromatic N) is 1. The van der Waals surface area contributed by atoms with E-state index < -0.39 is 7.60 Å². The van der Waals surface area contributed by atoms with Crippen LogP contribution >= 0.6 is 7.60 Å². The molecule has 0 aliphatic rings. The fourth-order valence-corrected chi connectivity index (χ4v) is 4.58. The second kappa shape index (κ2) is 7.13. The van der Waals surface area contributed by atoms with Crippen LogP contribution in [0.2, 0.25) is 0 Å². The minimum atomic E-state index is -4.68. The largest absolute Gasteiger partial charge is 0.440 e. The van der Waals surface area contributed by atoms with Crippen LogP contribution in [0.4, 0.5) is 5.88 Å². The highest BCUT2D eigenvalue weighted by atomic mass is 31.2. The number of rotatable bonds is 4. The molecule has 0 amide bonds. The van der Waals surface area contributed by atoms with Crippen molar-refractivity contribution in [1.29, 1.82) is 0 Å². The number of benzene rings is 2. The first kappa shape index (κ1) is 20.4. The van der Waals surface area contributed by atoms with Gasteiger partial charge in [-0.2, -0.15) is 0 Å². The van der Waals surface area contributed by atoms with Crippen LogP contribution in [0.3, 0.4) is 0 Å². The minimum Gasteiger partial charge on any atom is -0.440 e. The van der Waals surface area contributed by atoms with Crippen molar-refractivity contribution in [1.82, 2.24) is 9.97 Å². The van der Waals surface area contributed by atoms with E-state index in [9.17, 15) is 14.4 Å². The number of furan rings is 1. The fourth-order valence-electron chi connectivity index (χ4n) is 3.61. The molecule has 0 bridgehead atoms. The van der Waals surface area contributed by atoms with Gasteiger partial charge >= 0.3 is 7.60 Å². The molecular weight excluding hydrogens is 401 g/mol. The van der Waals surface area contributed by atoms with E-state index in [1.54, 1.807) is 12.1 Å². The molecule has 156 valence electrons. The zero-order valence-corrected chi connectivity index (χ0v) is 17.9. The Morgan fingerprint density at radius 1 is 1.13 bits per heavy atom. The molecule has 4 aromatic rings. The quantitative estimate of drug-likeness (QED) is 0.365. The number of H-pyrrole nitrogens is 1. The van der Waals surface area contributed by atoms with E-state index in [0.717, 1.165) is 11.1 Å². The summed E-state index contributed by atoms with van der Waals surface area (Å²) in [7, 11) is -4.68. The number of para-hydroxylation sites is 1. The Bertz CT molecular complexity index is 1260. The van der Waals surface area contributed by atoms with Gasteiger partial charge in [-0.1, -0.05) is 51.1 Å². The number of imidazole rings is 1. The van der Waals surface area contributed by atoms with Crippen molar-refractivity contribution in [2.45, 2.75) is 32.6 Å². The number of anilines is 1. The molecule has 2 aromatic heterocycles. The second-order valence-electron chi connectivity index (χ2n) is 8.39. The van der Waals surface area contributed by atoms with Gasteiger partial charge in [0.2, 0.25) is 0 Å². The van der Waals surface area contributed by atoms with Crippen molar-refractivity contribution in [2.75, 3.05) is 5.73 Å². The fraction of sp³-hybridized carbons (Fsp3) is 0.227. The molecule has 4 rings (SSSR count). The van der Waals surface area contributed by atoms with Crippen molar-refractivity contribution < 1.29 is 18.8 Å². The molecule has 2 aromatic carbocycles. The molecule has 0 spiro atoms. The normalized spacial score (nSPS) is 12.6. The minimum absolute atomic E-state index is 0.00392. The average molecular weight is 425 g/mol. The number of hydrogen-bond acceptors (Lipinski definition) is 4. The molecule has 0 radical (unpaired) electrons. The number of hydrogen-bond donors (Lipinski definition) is 4. The van der Waals surface area contributed by atoms with E-state index in [1.807, 2.05) is 30.3 Å². The van der Waals surface area contributed by atoms with Crippen LogP contribution in [0.5, 0.6) is 0 Å². The maximum atomic E-state index is 12.5. The summed E-state index contributed by atoms with van der Waals surface area (Å²) in [6.45, 7) is 6.39. The van der Waals surface area contributed by atoms with Crippen LogP contribution in [-0.2, 0) is 16.4 Å². The van der Waals surface area contributed by atoms with Gasteiger partial charge in [0.05, 0.1) is 17.4 Å². The molecule has 30 heavy (non-hydrogen) atoms. The first-order chi connectivity index (χ1) is 14.1. The number of aromatic nitrogens is 2. The zero-order chi connectivity index (χ0) is 21.7. The van der Waals surface area contributed by atoms with Gasteiger partial charge in [-0.15, -0.1) is 0 Å². The molecule has 5 N–H and O–H groups in total. The third kappa shape index (κ3) is 3.67. The molecule has 8 heteroatoms. The molecule has 0 fully saturated rings. The summed E-state index contributed by atoms with van der Waals surface area (Å²) < 4.78 is 18.2. The Kier molecular flexibility index (Phi) is 4.85. The second-order valence-corrected chi connectivity index (χ2v) is 9.93. The molecule has 7 nitrogen and oxygen atoms in total. The summed E-state index contributed by atoms with van der Waals surface area (Å²) in [5.74, 6) is 0.0515. The lowest BCUT2D eigenvalue weighted by atomic mass is 9.86. The van der Waals surface area contributed by atoms with Gasteiger partial charge in [-0.05, 0) is 28.7 Å². The summed E-state index contributed by atoms with van der Waals surface area (Å²) >= 11 is 0. The van der Waals surface area contributed by atoms with Gasteiger partial charge in [0.25, 0.3) is 0 Å². The van der Waals surface area contributed by atoms with Gasteiger partial charge in [0.1, 0.15) is 5.30 Å². The highest BCUT2D eigenvalue weighted by Crippen LogP contribution is 2.44. The summed E-state index contributed by atoms with van der Waals surface area (Å²) in [4.78, 5) is 27.5. The van der Waals surface area contributed by atoms with E-state index in [2.05, 4.69) is 30.7 Å². The molecular formula is C22H24N3O4P. The first-order valence-electron chi connectivity index (χ1n) is 9.55. The van der Waals surface area contributed by atoms with Crippen LogP contribution in [0.25, 0.3) is 22.4 Å². The predicted octanol–water partition coefficient (Wildman–Crippen LogP) is 4.10. The Morgan fingerprint density at radius 2 is 1.83 bits per heavy atom. The van der Waals surface area contributed by atoms with E-state index in [-0.39, 0.29) is 28.8 Å². The summed E-state index contributed by atoms with van der Waals surface area (Å²) in [6.07, 6.45) is 1.77. The van der Waals surface area contributed by atoms with Crippen molar-refractivity contribution in [3.8, 4) is 11.3 Å². The van der Waals surface area contributed by atoms with E-state index in [4.69, 9.17) is 10.2 Å². The Labute approximate surface area is 174 Å². The third-order valence-electron chi connectivity index (χ3n) is 5.20. The highest BCUT2D eigenvalue weighted by Gasteiger charge is 2.33. The van der Waals surface area contributed by atoms with Gasteiger partial charge in [0.15, 0.2) is 11.6 Å².